The Bertz CT molecular complexity index is 1050. The van der Waals surface area contributed by atoms with Crippen LogP contribution in [0.15, 0.2) is 48.5 Å². The van der Waals surface area contributed by atoms with Gasteiger partial charge in [0.05, 0.1) is 11.9 Å². The monoisotopic (exact) mass is 459 g/mol. The van der Waals surface area contributed by atoms with E-state index in [2.05, 4.69) is 5.32 Å². The number of amides is 2. The number of sulfonamides is 1. The molecule has 2 rings (SSSR count). The fourth-order valence-corrected chi connectivity index (χ4v) is 4.10. The van der Waals surface area contributed by atoms with E-state index in [1.165, 1.54) is 4.90 Å². The molecule has 174 valence electrons. The van der Waals surface area contributed by atoms with E-state index in [0.29, 0.717) is 5.69 Å². The lowest BCUT2D eigenvalue weighted by Crippen LogP contribution is -2.52. The van der Waals surface area contributed by atoms with Gasteiger partial charge in [-0.15, -0.1) is 0 Å². The second kappa shape index (κ2) is 10.6. The van der Waals surface area contributed by atoms with E-state index in [9.17, 15) is 18.0 Å². The first-order chi connectivity index (χ1) is 14.9. The summed E-state index contributed by atoms with van der Waals surface area (Å²) >= 11 is 0. The maximum Gasteiger partial charge on any atom is 0.244 e. The maximum atomic E-state index is 13.4. The zero-order valence-corrected chi connectivity index (χ0v) is 20.4. The van der Waals surface area contributed by atoms with Crippen LogP contribution in [0.4, 0.5) is 5.69 Å². The van der Waals surface area contributed by atoms with Crippen molar-refractivity contribution < 1.29 is 18.0 Å². The molecule has 0 radical (unpaired) electrons. The molecule has 0 fully saturated rings. The third-order valence-electron chi connectivity index (χ3n) is 5.25. The number of hydrogen-bond acceptors (Lipinski definition) is 4. The number of aryl methyl sites for hydroxylation is 2. The molecule has 7 nitrogen and oxygen atoms in total. The fraction of sp³-hybridized carbons (Fsp3) is 0.417. The summed E-state index contributed by atoms with van der Waals surface area (Å²) < 4.78 is 26.2. The highest BCUT2D eigenvalue weighted by Gasteiger charge is 2.30. The molecule has 0 aliphatic rings. The van der Waals surface area contributed by atoms with E-state index in [-0.39, 0.29) is 18.5 Å². The Kier molecular flexibility index (Phi) is 8.44. The van der Waals surface area contributed by atoms with Crippen molar-refractivity contribution >= 4 is 27.5 Å². The van der Waals surface area contributed by atoms with Gasteiger partial charge in [-0.25, -0.2) is 8.42 Å². The van der Waals surface area contributed by atoms with E-state index in [1.807, 2.05) is 64.1 Å². The van der Waals surface area contributed by atoms with Crippen molar-refractivity contribution in [3.05, 3.63) is 65.2 Å². The molecule has 2 aromatic rings. The molecule has 0 heterocycles. The summed E-state index contributed by atoms with van der Waals surface area (Å²) in [5.74, 6) is -0.745. The van der Waals surface area contributed by atoms with Gasteiger partial charge in [0.25, 0.3) is 0 Å². The molecule has 0 bridgehead atoms. The van der Waals surface area contributed by atoms with Crippen LogP contribution in [-0.2, 0) is 26.2 Å². The minimum Gasteiger partial charge on any atom is -0.352 e. The van der Waals surface area contributed by atoms with Crippen molar-refractivity contribution in [2.24, 2.45) is 0 Å². The molecule has 2 aromatic carbocycles. The van der Waals surface area contributed by atoms with Crippen molar-refractivity contribution in [1.82, 2.24) is 10.2 Å². The molecular weight excluding hydrogens is 426 g/mol. The number of nitrogens with zero attached hydrogens (tertiary/aromatic N) is 2. The molecule has 0 saturated carbocycles. The van der Waals surface area contributed by atoms with Crippen molar-refractivity contribution in [2.45, 2.75) is 53.2 Å². The number of rotatable bonds is 9. The number of hydrogen-bond donors (Lipinski definition) is 1. The third-order valence-corrected chi connectivity index (χ3v) is 6.39. The molecule has 2 amide bonds. The van der Waals surface area contributed by atoms with Gasteiger partial charge in [-0.2, -0.15) is 0 Å². The second-order valence-corrected chi connectivity index (χ2v) is 10.3. The van der Waals surface area contributed by atoms with Gasteiger partial charge in [0.15, 0.2) is 0 Å². The fourth-order valence-electron chi connectivity index (χ4n) is 3.26. The molecule has 0 unspecified atom stereocenters. The van der Waals surface area contributed by atoms with Crippen LogP contribution in [0.2, 0.25) is 0 Å². The van der Waals surface area contributed by atoms with Gasteiger partial charge in [0, 0.05) is 12.6 Å². The number of nitrogens with one attached hydrogen (secondary N) is 1. The van der Waals surface area contributed by atoms with E-state index in [0.717, 1.165) is 27.3 Å². The minimum atomic E-state index is -3.73. The lowest BCUT2D eigenvalue weighted by Gasteiger charge is -2.32. The third kappa shape index (κ3) is 6.82. The first-order valence-electron chi connectivity index (χ1n) is 10.6. The minimum absolute atomic E-state index is 0.0818. The number of benzene rings is 2. The van der Waals surface area contributed by atoms with Crippen LogP contribution in [-0.4, -0.2) is 50.0 Å². The molecule has 0 spiro atoms. The average Bonchev–Trinajstić information content (AvgIpc) is 2.71. The summed E-state index contributed by atoms with van der Waals surface area (Å²) in [6.45, 7) is 8.97. The van der Waals surface area contributed by atoms with Gasteiger partial charge in [-0.3, -0.25) is 13.9 Å². The van der Waals surface area contributed by atoms with Gasteiger partial charge in [-0.05, 0) is 63.4 Å². The summed E-state index contributed by atoms with van der Waals surface area (Å²) in [7, 11) is -3.73. The average molecular weight is 460 g/mol. The summed E-state index contributed by atoms with van der Waals surface area (Å²) in [5, 5.41) is 2.83. The number of anilines is 1. The zero-order chi connectivity index (χ0) is 24.1. The van der Waals surface area contributed by atoms with Crippen LogP contribution < -0.4 is 9.62 Å². The van der Waals surface area contributed by atoms with Crippen molar-refractivity contribution in [3.63, 3.8) is 0 Å². The van der Waals surface area contributed by atoms with E-state index < -0.39 is 28.5 Å². The van der Waals surface area contributed by atoms with Crippen LogP contribution >= 0.6 is 0 Å². The van der Waals surface area contributed by atoms with Crippen molar-refractivity contribution in [2.75, 3.05) is 17.1 Å². The summed E-state index contributed by atoms with van der Waals surface area (Å²) in [6, 6.07) is 13.7. The van der Waals surface area contributed by atoms with Crippen molar-refractivity contribution in [3.8, 4) is 0 Å². The normalized spacial score (nSPS) is 12.3. The highest BCUT2D eigenvalue weighted by molar-refractivity contribution is 7.92. The Morgan fingerprint density at radius 1 is 0.969 bits per heavy atom. The number of carbonyl (C=O) groups excluding carboxylic acids is 2. The highest BCUT2D eigenvalue weighted by atomic mass is 32.2. The SMILES string of the molecule is Cc1ccc(N(CC(=O)N(Cc2ccccc2)[C@H](C)C(=O)NC(C)C)S(C)(=O)=O)cc1C. The molecule has 0 saturated heterocycles. The second-order valence-electron chi connectivity index (χ2n) is 8.38. The lowest BCUT2D eigenvalue weighted by molar-refractivity contribution is -0.139. The lowest BCUT2D eigenvalue weighted by atomic mass is 10.1. The van der Waals surface area contributed by atoms with Gasteiger partial charge >= 0.3 is 0 Å². The van der Waals surface area contributed by atoms with Gasteiger partial charge in [-0.1, -0.05) is 36.4 Å². The zero-order valence-electron chi connectivity index (χ0n) is 19.6. The smallest absolute Gasteiger partial charge is 0.244 e. The van der Waals surface area contributed by atoms with Crippen LogP contribution in [0.1, 0.15) is 37.5 Å². The Hall–Kier alpha value is -2.87. The Morgan fingerprint density at radius 2 is 1.59 bits per heavy atom. The van der Waals surface area contributed by atoms with Crippen LogP contribution in [0, 0.1) is 13.8 Å². The molecule has 1 N–H and O–H groups in total. The Morgan fingerprint density at radius 3 is 2.12 bits per heavy atom. The van der Waals surface area contributed by atoms with Crippen LogP contribution in [0.5, 0.6) is 0 Å². The Labute approximate surface area is 191 Å². The van der Waals surface area contributed by atoms with Gasteiger partial charge < -0.3 is 10.2 Å². The van der Waals surface area contributed by atoms with E-state index >= 15 is 0 Å². The first-order valence-corrected chi connectivity index (χ1v) is 12.4. The molecular formula is C24H33N3O4S. The maximum absolute atomic E-state index is 13.4. The van der Waals surface area contributed by atoms with Gasteiger partial charge in [0.2, 0.25) is 21.8 Å². The van der Waals surface area contributed by atoms with E-state index in [1.54, 1.807) is 19.1 Å². The molecule has 1 atom stereocenters. The topological polar surface area (TPSA) is 86.8 Å². The first kappa shape index (κ1) is 25.4. The highest BCUT2D eigenvalue weighted by Crippen LogP contribution is 2.22. The molecule has 0 aliphatic carbocycles. The summed E-state index contributed by atoms with van der Waals surface area (Å²) in [5.41, 5.74) is 3.22. The quantitative estimate of drug-likeness (QED) is 0.625. The van der Waals surface area contributed by atoms with Crippen LogP contribution in [0.25, 0.3) is 0 Å². The predicted octanol–water partition coefficient (Wildman–Crippen LogP) is 3.01. The molecule has 32 heavy (non-hydrogen) atoms. The number of carbonyl (C=O) groups is 2. The standard InChI is InChI=1S/C24H33N3O4S/c1-17(2)25-24(29)20(5)26(15-21-10-8-7-9-11-21)23(28)16-27(32(6,30)31)22-13-12-18(3)19(4)14-22/h7-14,17,20H,15-16H2,1-6H3,(H,25,29)/t20-/m1/s1. The van der Waals surface area contributed by atoms with Crippen LogP contribution in [0.3, 0.4) is 0 Å². The largest absolute Gasteiger partial charge is 0.352 e. The molecule has 8 heteroatoms. The molecule has 0 aliphatic heterocycles. The predicted molar refractivity (Wildman–Crippen MR) is 128 cm³/mol. The summed E-state index contributed by atoms with van der Waals surface area (Å²) in [6.07, 6.45) is 1.08. The van der Waals surface area contributed by atoms with Crippen molar-refractivity contribution in [1.29, 1.82) is 0 Å². The Balaban J connectivity index is 2.38. The van der Waals surface area contributed by atoms with Gasteiger partial charge in [0.1, 0.15) is 12.6 Å². The van der Waals surface area contributed by atoms with E-state index in [4.69, 9.17) is 0 Å². The molecule has 0 aromatic heterocycles. The summed E-state index contributed by atoms with van der Waals surface area (Å²) in [4.78, 5) is 27.5.